The Balaban J connectivity index is 1.34. The highest BCUT2D eigenvalue weighted by Gasteiger charge is 2.58. The Hall–Kier alpha value is -2.21. The highest BCUT2D eigenvalue weighted by molar-refractivity contribution is 5.69. The van der Waals surface area contributed by atoms with Gasteiger partial charge in [0, 0.05) is 50.5 Å². The maximum atomic E-state index is 13.2. The minimum atomic E-state index is -0.0542. The predicted molar refractivity (Wildman–Crippen MR) is 145 cm³/mol. The van der Waals surface area contributed by atoms with Gasteiger partial charge in [0.1, 0.15) is 6.10 Å². The molecule has 5 heteroatoms. The summed E-state index contributed by atoms with van der Waals surface area (Å²) >= 11 is 0. The van der Waals surface area contributed by atoms with Gasteiger partial charge in [-0.1, -0.05) is 60.7 Å². The number of fused-ring (bicyclic) bond motifs is 3. The molecule has 0 N–H and O–H groups in total. The molecule has 0 aromatic heterocycles. The van der Waals surface area contributed by atoms with Crippen molar-refractivity contribution in [3.8, 4) is 0 Å². The maximum Gasteiger partial charge on any atom is 0.306 e. The van der Waals surface area contributed by atoms with Gasteiger partial charge in [-0.05, 0) is 69.9 Å². The number of benzene rings is 2. The smallest absolute Gasteiger partial charge is 0.306 e. The number of piperazine rings is 1. The Morgan fingerprint density at radius 3 is 1.97 bits per heavy atom. The Labute approximate surface area is 217 Å². The minimum absolute atomic E-state index is 0.0193. The van der Waals surface area contributed by atoms with Crippen LogP contribution in [0.2, 0.25) is 0 Å². The minimum Gasteiger partial charge on any atom is -0.462 e. The zero-order valence-electron chi connectivity index (χ0n) is 22.3. The number of hydrogen-bond donors (Lipinski definition) is 0. The fraction of sp³-hybridized carbons (Fsp3) is 0.581. The van der Waals surface area contributed by atoms with Crippen molar-refractivity contribution in [2.75, 3.05) is 53.9 Å². The molecule has 36 heavy (non-hydrogen) atoms. The second-order valence-electron chi connectivity index (χ2n) is 11.6. The Morgan fingerprint density at radius 1 is 0.889 bits per heavy atom. The van der Waals surface area contributed by atoms with Crippen LogP contribution in [0.5, 0.6) is 0 Å². The van der Waals surface area contributed by atoms with Gasteiger partial charge in [-0.2, -0.15) is 0 Å². The maximum absolute atomic E-state index is 13.2. The summed E-state index contributed by atoms with van der Waals surface area (Å²) in [5.74, 6) is 1.04. The summed E-state index contributed by atoms with van der Waals surface area (Å²) in [5.41, 5.74) is 2.79. The molecule has 3 atom stereocenters. The molecule has 1 heterocycles. The average Bonchev–Trinajstić information content (AvgIpc) is 2.90. The van der Waals surface area contributed by atoms with E-state index in [0.717, 1.165) is 58.4 Å². The first kappa shape index (κ1) is 25.4. The number of ether oxygens (including phenoxy) is 1. The van der Waals surface area contributed by atoms with E-state index in [-0.39, 0.29) is 17.6 Å². The van der Waals surface area contributed by atoms with Gasteiger partial charge >= 0.3 is 5.97 Å². The van der Waals surface area contributed by atoms with Crippen molar-refractivity contribution in [1.82, 2.24) is 14.7 Å². The summed E-state index contributed by atoms with van der Waals surface area (Å²) in [4.78, 5) is 20.4. The van der Waals surface area contributed by atoms with Gasteiger partial charge in [-0.25, -0.2) is 0 Å². The quantitative estimate of drug-likeness (QED) is 0.506. The van der Waals surface area contributed by atoms with Crippen LogP contribution >= 0.6 is 0 Å². The summed E-state index contributed by atoms with van der Waals surface area (Å²) in [5, 5.41) is 0. The van der Waals surface area contributed by atoms with Gasteiger partial charge < -0.3 is 19.4 Å². The van der Waals surface area contributed by atoms with E-state index < -0.39 is 0 Å². The van der Waals surface area contributed by atoms with E-state index in [9.17, 15) is 4.79 Å². The zero-order chi connectivity index (χ0) is 25.1. The fourth-order valence-corrected chi connectivity index (χ4v) is 7.14. The molecule has 0 radical (unpaired) electrons. The normalized spacial score (nSPS) is 31.0. The van der Waals surface area contributed by atoms with Gasteiger partial charge in [0.2, 0.25) is 0 Å². The lowest BCUT2D eigenvalue weighted by molar-refractivity contribution is -0.167. The Kier molecular flexibility index (Phi) is 7.80. The van der Waals surface area contributed by atoms with Gasteiger partial charge in [0.05, 0.1) is 0 Å². The first-order chi connectivity index (χ1) is 17.4. The first-order valence-electron chi connectivity index (χ1n) is 13.8. The van der Waals surface area contributed by atoms with Crippen LogP contribution in [0, 0.1) is 5.92 Å². The van der Waals surface area contributed by atoms with Crippen LogP contribution in [0.4, 0.5) is 0 Å². The van der Waals surface area contributed by atoms with Crippen LogP contribution in [0.15, 0.2) is 60.7 Å². The van der Waals surface area contributed by atoms with Crippen molar-refractivity contribution < 1.29 is 9.53 Å². The summed E-state index contributed by atoms with van der Waals surface area (Å²) in [7, 11) is 6.61. The fourth-order valence-electron chi connectivity index (χ4n) is 7.14. The standard InChI is InChI=1S/C31H43N3O2/c1-32(2)31-21-26(24-11-6-4-7-12-24)30(27(22-31)25-13-8-5-9-14-25)28(23-31)36-29(35)15-10-16-34-19-17-33(3)18-20-34/h4-9,11-14,26-28,30H,10,15-23H2,1-3H3. The molecule has 1 saturated heterocycles. The molecule has 1 aliphatic heterocycles. The molecule has 2 bridgehead atoms. The Bertz CT molecular complexity index is 938. The van der Waals surface area contributed by atoms with Crippen LogP contribution in [-0.4, -0.2) is 86.2 Å². The topological polar surface area (TPSA) is 36.0 Å². The molecule has 3 saturated carbocycles. The molecular weight excluding hydrogens is 446 g/mol. The van der Waals surface area contributed by atoms with Crippen molar-refractivity contribution in [2.24, 2.45) is 5.92 Å². The third-order valence-electron chi connectivity index (χ3n) is 9.28. The van der Waals surface area contributed by atoms with E-state index in [1.54, 1.807) is 0 Å². The van der Waals surface area contributed by atoms with E-state index in [4.69, 9.17) is 4.74 Å². The summed E-state index contributed by atoms with van der Waals surface area (Å²) in [6.45, 7) is 5.40. The van der Waals surface area contributed by atoms with Crippen LogP contribution in [0.1, 0.15) is 55.1 Å². The van der Waals surface area contributed by atoms with Crippen molar-refractivity contribution in [1.29, 1.82) is 0 Å². The molecule has 194 valence electrons. The SMILES string of the molecule is CN1CCN(CCCC(=O)OC2CC3(N(C)C)CC(c4ccccc4)C2C(c2ccccc2)C3)CC1. The number of carbonyl (C=O) groups excluding carboxylic acids is 1. The van der Waals surface area contributed by atoms with E-state index in [1.165, 1.54) is 11.1 Å². The first-order valence-corrected chi connectivity index (χ1v) is 13.8. The molecule has 3 aliphatic carbocycles. The molecule has 4 aliphatic rings. The monoisotopic (exact) mass is 489 g/mol. The summed E-state index contributed by atoms with van der Waals surface area (Å²) < 4.78 is 6.42. The molecule has 0 spiro atoms. The number of rotatable bonds is 8. The third kappa shape index (κ3) is 5.39. The molecule has 2 aromatic rings. The molecule has 0 amide bonds. The second-order valence-corrected chi connectivity index (χ2v) is 11.6. The second kappa shape index (κ2) is 11.0. The number of nitrogens with zero attached hydrogens (tertiary/aromatic N) is 3. The lowest BCUT2D eigenvalue weighted by atomic mass is 9.52. The molecule has 4 fully saturated rings. The van der Waals surface area contributed by atoms with E-state index in [2.05, 4.69) is 96.5 Å². The van der Waals surface area contributed by atoms with Crippen molar-refractivity contribution in [3.63, 3.8) is 0 Å². The Morgan fingerprint density at radius 2 is 1.44 bits per heavy atom. The average molecular weight is 490 g/mol. The van der Waals surface area contributed by atoms with Gasteiger partial charge in [0.15, 0.2) is 0 Å². The summed E-state index contributed by atoms with van der Waals surface area (Å²) in [6.07, 6.45) is 4.51. The molecule has 2 aromatic carbocycles. The van der Waals surface area contributed by atoms with Crippen LogP contribution < -0.4 is 0 Å². The zero-order valence-corrected chi connectivity index (χ0v) is 22.3. The van der Waals surface area contributed by atoms with E-state index >= 15 is 0 Å². The van der Waals surface area contributed by atoms with Crippen molar-refractivity contribution in [2.45, 2.75) is 55.6 Å². The number of likely N-dealkylation sites (N-methyl/N-ethyl adjacent to an activating group) is 1. The highest BCUT2D eigenvalue weighted by Crippen LogP contribution is 2.60. The van der Waals surface area contributed by atoms with Gasteiger partial charge in [0.25, 0.3) is 0 Å². The van der Waals surface area contributed by atoms with Crippen molar-refractivity contribution >= 4 is 5.97 Å². The van der Waals surface area contributed by atoms with Gasteiger partial charge in [-0.15, -0.1) is 0 Å². The molecular formula is C31H43N3O2. The van der Waals surface area contributed by atoms with Crippen LogP contribution in [0.25, 0.3) is 0 Å². The molecule has 5 nitrogen and oxygen atoms in total. The lowest BCUT2D eigenvalue weighted by Crippen LogP contribution is -2.61. The number of hydrogen-bond acceptors (Lipinski definition) is 5. The van der Waals surface area contributed by atoms with E-state index in [1.807, 2.05) is 0 Å². The van der Waals surface area contributed by atoms with E-state index in [0.29, 0.717) is 24.2 Å². The number of esters is 1. The largest absolute Gasteiger partial charge is 0.462 e. The molecule has 3 unspecified atom stereocenters. The van der Waals surface area contributed by atoms with Gasteiger partial charge in [-0.3, -0.25) is 4.79 Å². The number of carbonyl (C=O) groups is 1. The van der Waals surface area contributed by atoms with Crippen LogP contribution in [-0.2, 0) is 9.53 Å². The highest BCUT2D eigenvalue weighted by atomic mass is 16.5. The molecule has 6 rings (SSSR count). The lowest BCUT2D eigenvalue weighted by Gasteiger charge is -2.60. The predicted octanol–water partition coefficient (Wildman–Crippen LogP) is 4.61. The summed E-state index contributed by atoms with van der Waals surface area (Å²) in [6, 6.07) is 21.9. The van der Waals surface area contributed by atoms with Crippen LogP contribution in [0.3, 0.4) is 0 Å². The third-order valence-corrected chi connectivity index (χ3v) is 9.28. The van der Waals surface area contributed by atoms with Crippen molar-refractivity contribution in [3.05, 3.63) is 71.8 Å².